The zero-order valence-corrected chi connectivity index (χ0v) is 17.5. The van der Waals surface area contributed by atoms with Crippen LogP contribution in [0.3, 0.4) is 0 Å². The smallest absolute Gasteiger partial charge is 0.417 e. The molecule has 0 atom stereocenters. The number of ether oxygens (including phenoxy) is 2. The van der Waals surface area contributed by atoms with E-state index in [1.165, 1.54) is 25.8 Å². The molecule has 0 amide bonds. The van der Waals surface area contributed by atoms with Crippen LogP contribution in [-0.2, 0) is 6.18 Å². The fraction of sp³-hybridized carbons (Fsp3) is 0.182. The van der Waals surface area contributed by atoms with Crippen LogP contribution in [-0.4, -0.2) is 29.0 Å². The minimum atomic E-state index is -4.60. The lowest BCUT2D eigenvalue weighted by Gasteiger charge is -2.13. The van der Waals surface area contributed by atoms with Crippen LogP contribution >= 0.6 is 11.6 Å². The van der Waals surface area contributed by atoms with Gasteiger partial charge in [-0.1, -0.05) is 17.7 Å². The van der Waals surface area contributed by atoms with E-state index in [4.69, 9.17) is 21.1 Å². The molecule has 0 fully saturated rings. The molecule has 0 radical (unpaired) electrons. The van der Waals surface area contributed by atoms with Gasteiger partial charge in [0.2, 0.25) is 0 Å². The molecule has 160 valence electrons. The van der Waals surface area contributed by atoms with Crippen LogP contribution in [0.1, 0.15) is 11.3 Å². The number of methoxy groups -OCH3 is 2. The summed E-state index contributed by atoms with van der Waals surface area (Å²) < 4.78 is 53.9. The molecule has 2 heterocycles. The second kappa shape index (κ2) is 7.77. The molecule has 5 nitrogen and oxygen atoms in total. The maximum Gasteiger partial charge on any atom is 0.417 e. The molecule has 0 aliphatic rings. The van der Waals surface area contributed by atoms with Crippen molar-refractivity contribution in [1.82, 2.24) is 14.8 Å². The van der Waals surface area contributed by atoms with Gasteiger partial charge in [-0.15, -0.1) is 0 Å². The number of nitrogens with zero attached hydrogens (tertiary/aromatic N) is 3. The van der Waals surface area contributed by atoms with Crippen molar-refractivity contribution < 1.29 is 22.6 Å². The SMILES string of the molecule is COc1ccc(-c2cc(C(F)(F)F)c3c(C)nn(-c4cccc(Cl)c4)c3n2)cc1OC. The Morgan fingerprint density at radius 3 is 2.35 bits per heavy atom. The quantitative estimate of drug-likeness (QED) is 0.380. The van der Waals surface area contributed by atoms with Gasteiger partial charge < -0.3 is 9.47 Å². The summed E-state index contributed by atoms with van der Waals surface area (Å²) in [7, 11) is 2.94. The number of aromatic nitrogens is 3. The van der Waals surface area contributed by atoms with Crippen molar-refractivity contribution in [3.63, 3.8) is 0 Å². The van der Waals surface area contributed by atoms with Gasteiger partial charge in [0.25, 0.3) is 0 Å². The normalized spacial score (nSPS) is 11.7. The number of pyridine rings is 1. The van der Waals surface area contributed by atoms with E-state index < -0.39 is 11.7 Å². The van der Waals surface area contributed by atoms with Gasteiger partial charge in [-0.05, 0) is 49.4 Å². The lowest BCUT2D eigenvalue weighted by atomic mass is 10.0. The fourth-order valence-electron chi connectivity index (χ4n) is 3.44. The van der Waals surface area contributed by atoms with Gasteiger partial charge in [-0.25, -0.2) is 9.67 Å². The van der Waals surface area contributed by atoms with Crippen LogP contribution in [0.15, 0.2) is 48.5 Å². The summed E-state index contributed by atoms with van der Waals surface area (Å²) in [6, 6.07) is 12.5. The lowest BCUT2D eigenvalue weighted by Crippen LogP contribution is -2.08. The summed E-state index contributed by atoms with van der Waals surface area (Å²) in [6.45, 7) is 1.52. The molecule has 2 aromatic heterocycles. The predicted octanol–water partition coefficient (Wildman–Crippen LogP) is 6.09. The van der Waals surface area contributed by atoms with E-state index in [1.54, 1.807) is 42.5 Å². The molecule has 0 aliphatic carbocycles. The number of benzene rings is 2. The molecule has 0 N–H and O–H groups in total. The zero-order valence-electron chi connectivity index (χ0n) is 16.8. The maximum atomic E-state index is 14.0. The Balaban J connectivity index is 2.03. The Morgan fingerprint density at radius 2 is 1.71 bits per heavy atom. The monoisotopic (exact) mass is 447 g/mol. The van der Waals surface area contributed by atoms with Gasteiger partial charge in [0.05, 0.1) is 42.2 Å². The van der Waals surface area contributed by atoms with E-state index in [0.29, 0.717) is 27.8 Å². The first-order chi connectivity index (χ1) is 14.7. The molecule has 0 bridgehead atoms. The molecule has 2 aromatic carbocycles. The van der Waals surface area contributed by atoms with E-state index in [-0.39, 0.29) is 22.4 Å². The number of hydrogen-bond donors (Lipinski definition) is 0. The highest BCUT2D eigenvalue weighted by molar-refractivity contribution is 6.30. The minimum Gasteiger partial charge on any atom is -0.493 e. The maximum absolute atomic E-state index is 14.0. The largest absolute Gasteiger partial charge is 0.493 e. The summed E-state index contributed by atoms with van der Waals surface area (Å²) in [5.74, 6) is 0.846. The van der Waals surface area contributed by atoms with Gasteiger partial charge in [0.15, 0.2) is 17.1 Å². The number of halogens is 4. The third kappa shape index (κ3) is 3.79. The predicted molar refractivity (Wildman–Crippen MR) is 112 cm³/mol. The summed E-state index contributed by atoms with van der Waals surface area (Å²) >= 11 is 6.08. The third-order valence-electron chi connectivity index (χ3n) is 4.85. The van der Waals surface area contributed by atoms with Crippen molar-refractivity contribution in [2.45, 2.75) is 13.1 Å². The second-order valence-electron chi connectivity index (χ2n) is 6.80. The Labute approximate surface area is 181 Å². The Hall–Kier alpha value is -3.26. The van der Waals surface area contributed by atoms with Gasteiger partial charge >= 0.3 is 6.18 Å². The van der Waals surface area contributed by atoms with Crippen LogP contribution in [0.2, 0.25) is 5.02 Å². The van der Waals surface area contributed by atoms with Gasteiger partial charge in [-0.2, -0.15) is 18.3 Å². The zero-order chi connectivity index (χ0) is 22.3. The highest BCUT2D eigenvalue weighted by Crippen LogP contribution is 2.40. The van der Waals surface area contributed by atoms with E-state index in [2.05, 4.69) is 10.1 Å². The molecular weight excluding hydrogens is 431 g/mol. The molecule has 9 heteroatoms. The first-order valence-corrected chi connectivity index (χ1v) is 9.56. The van der Waals surface area contributed by atoms with Gasteiger partial charge in [-0.3, -0.25) is 0 Å². The van der Waals surface area contributed by atoms with Crippen molar-refractivity contribution in [3.8, 4) is 28.4 Å². The van der Waals surface area contributed by atoms with Crippen molar-refractivity contribution in [3.05, 3.63) is 64.8 Å². The van der Waals surface area contributed by atoms with E-state index in [0.717, 1.165) is 6.07 Å². The van der Waals surface area contributed by atoms with Gasteiger partial charge in [0, 0.05) is 10.6 Å². The van der Waals surface area contributed by atoms with E-state index in [1.807, 2.05) is 0 Å². The number of fused-ring (bicyclic) bond motifs is 1. The van der Waals surface area contributed by atoms with E-state index >= 15 is 0 Å². The summed E-state index contributed by atoms with van der Waals surface area (Å²) in [6.07, 6.45) is -4.60. The molecule has 4 aromatic rings. The molecule has 31 heavy (non-hydrogen) atoms. The average molecular weight is 448 g/mol. The molecular formula is C22H17ClF3N3O2. The molecule has 0 saturated heterocycles. The number of rotatable bonds is 4. The molecule has 0 aliphatic heterocycles. The summed E-state index contributed by atoms with van der Waals surface area (Å²) in [5, 5.41) is 4.70. The van der Waals surface area contributed by atoms with E-state index in [9.17, 15) is 13.2 Å². The van der Waals surface area contributed by atoms with Gasteiger partial charge in [0.1, 0.15) is 0 Å². The topological polar surface area (TPSA) is 49.2 Å². The molecule has 0 spiro atoms. The average Bonchev–Trinajstić information content (AvgIpc) is 3.08. The third-order valence-corrected chi connectivity index (χ3v) is 5.09. The second-order valence-corrected chi connectivity index (χ2v) is 7.23. The Kier molecular flexibility index (Phi) is 5.26. The highest BCUT2D eigenvalue weighted by atomic mass is 35.5. The number of aryl methyl sites for hydroxylation is 1. The first-order valence-electron chi connectivity index (χ1n) is 9.19. The van der Waals surface area contributed by atoms with Crippen molar-refractivity contribution in [1.29, 1.82) is 0 Å². The Bertz CT molecular complexity index is 1290. The highest BCUT2D eigenvalue weighted by Gasteiger charge is 2.36. The molecule has 0 saturated carbocycles. The van der Waals surface area contributed by atoms with Crippen LogP contribution in [0.5, 0.6) is 11.5 Å². The minimum absolute atomic E-state index is 0.0586. The number of alkyl halides is 3. The molecule has 0 unspecified atom stereocenters. The fourth-order valence-corrected chi connectivity index (χ4v) is 3.63. The van der Waals surface area contributed by atoms with Crippen LogP contribution in [0.4, 0.5) is 13.2 Å². The van der Waals surface area contributed by atoms with Crippen LogP contribution in [0, 0.1) is 6.92 Å². The standard InChI is InChI=1S/C22H17ClF3N3O2/c1-12-20-16(22(24,25)26)11-17(13-7-8-18(30-2)19(9-13)31-3)27-21(20)29(28-12)15-6-4-5-14(23)10-15/h4-11H,1-3H3. The Morgan fingerprint density at radius 1 is 0.968 bits per heavy atom. The lowest BCUT2D eigenvalue weighted by molar-refractivity contribution is -0.136. The van der Waals surface area contributed by atoms with Crippen LogP contribution < -0.4 is 9.47 Å². The molecule has 4 rings (SSSR count). The van der Waals surface area contributed by atoms with Crippen molar-refractivity contribution in [2.24, 2.45) is 0 Å². The van der Waals surface area contributed by atoms with Crippen molar-refractivity contribution >= 4 is 22.6 Å². The van der Waals surface area contributed by atoms with Crippen molar-refractivity contribution in [2.75, 3.05) is 14.2 Å². The summed E-state index contributed by atoms with van der Waals surface area (Å²) in [4.78, 5) is 4.54. The van der Waals surface area contributed by atoms with Crippen LogP contribution in [0.25, 0.3) is 28.0 Å². The number of hydrogen-bond acceptors (Lipinski definition) is 4. The summed E-state index contributed by atoms with van der Waals surface area (Å²) in [5.41, 5.74) is 0.572. The first kappa shape index (κ1) is 21.0.